The predicted molar refractivity (Wildman–Crippen MR) is 105 cm³/mol. The molecule has 0 amide bonds. The van der Waals surface area contributed by atoms with Gasteiger partial charge in [-0.3, -0.25) is 9.89 Å². The number of hydrogen-bond acceptors (Lipinski definition) is 3. The largest absolute Gasteiger partial charge is 0.352 e. The molecule has 0 aromatic heterocycles. The molecule has 1 aromatic carbocycles. The van der Waals surface area contributed by atoms with Crippen molar-refractivity contribution in [1.82, 2.24) is 20.0 Å². The van der Waals surface area contributed by atoms with Crippen molar-refractivity contribution < 1.29 is 4.39 Å². The molecule has 1 aromatic rings. The number of nitrogens with one attached hydrogen (secondary N) is 1. The predicted octanol–water partition coefficient (Wildman–Crippen LogP) is 2.13. The van der Waals surface area contributed by atoms with Crippen molar-refractivity contribution in [3.05, 3.63) is 35.1 Å². The van der Waals surface area contributed by atoms with E-state index in [9.17, 15) is 4.39 Å². The minimum absolute atomic E-state index is 0.139. The lowest BCUT2D eigenvalue weighted by Gasteiger charge is -2.25. The molecule has 0 spiro atoms. The summed E-state index contributed by atoms with van der Waals surface area (Å²) in [6.07, 6.45) is 3.89. The normalized spacial score (nSPS) is 21.8. The van der Waals surface area contributed by atoms with Crippen LogP contribution >= 0.6 is 0 Å². The Morgan fingerprint density at radius 3 is 2.73 bits per heavy atom. The lowest BCUT2D eigenvalue weighted by atomic mass is 10.1. The second kappa shape index (κ2) is 8.82. The summed E-state index contributed by atoms with van der Waals surface area (Å²) in [5, 5.41) is 3.46. The highest BCUT2D eigenvalue weighted by Gasteiger charge is 2.30. The van der Waals surface area contributed by atoms with Crippen molar-refractivity contribution in [2.45, 2.75) is 38.4 Å². The lowest BCUT2D eigenvalue weighted by Crippen LogP contribution is -2.42. The van der Waals surface area contributed by atoms with Crippen LogP contribution in [0.4, 0.5) is 4.39 Å². The molecule has 1 unspecified atom stereocenters. The fourth-order valence-corrected chi connectivity index (χ4v) is 4.05. The van der Waals surface area contributed by atoms with Crippen LogP contribution in [0.25, 0.3) is 0 Å². The second-order valence-electron chi connectivity index (χ2n) is 7.70. The van der Waals surface area contributed by atoms with Crippen molar-refractivity contribution in [2.75, 3.05) is 47.3 Å². The average Bonchev–Trinajstić information content (AvgIpc) is 3.29. The Labute approximate surface area is 156 Å². The van der Waals surface area contributed by atoms with Gasteiger partial charge in [-0.2, -0.15) is 0 Å². The highest BCUT2D eigenvalue weighted by atomic mass is 19.1. The molecule has 2 fully saturated rings. The minimum Gasteiger partial charge on any atom is -0.352 e. The minimum atomic E-state index is -0.139. The smallest absolute Gasteiger partial charge is 0.193 e. The Balaban J connectivity index is 1.56. The summed E-state index contributed by atoms with van der Waals surface area (Å²) in [6, 6.07) is 6.03. The Kier molecular flexibility index (Phi) is 6.48. The van der Waals surface area contributed by atoms with E-state index in [0.29, 0.717) is 19.1 Å². The summed E-state index contributed by atoms with van der Waals surface area (Å²) >= 11 is 0. The summed E-state index contributed by atoms with van der Waals surface area (Å²) < 4.78 is 13.9. The van der Waals surface area contributed by atoms with Crippen LogP contribution in [0, 0.1) is 5.82 Å². The molecule has 2 aliphatic heterocycles. The molecule has 0 radical (unpaired) electrons. The van der Waals surface area contributed by atoms with Crippen LogP contribution in [0.1, 0.15) is 30.4 Å². The van der Waals surface area contributed by atoms with Crippen LogP contribution in [0.2, 0.25) is 0 Å². The highest BCUT2D eigenvalue weighted by Crippen LogP contribution is 2.20. The summed E-state index contributed by atoms with van der Waals surface area (Å²) in [7, 11) is 5.75. The standard InChI is InChI=1S/C20H32FN5/c1-22-20(26-11-8-18(15-26)25-9-4-5-10-25)23-13-16-6-7-19(21)17(12-16)14-24(2)3/h6-7,12,18H,4-5,8-11,13-15H2,1-3H3,(H,22,23). The van der Waals surface area contributed by atoms with Gasteiger partial charge >= 0.3 is 0 Å². The van der Waals surface area contributed by atoms with Gasteiger partial charge in [-0.05, 0) is 64.1 Å². The summed E-state index contributed by atoms with van der Waals surface area (Å²) in [6.45, 7) is 5.87. The van der Waals surface area contributed by atoms with E-state index in [4.69, 9.17) is 0 Å². The molecule has 26 heavy (non-hydrogen) atoms. The maximum Gasteiger partial charge on any atom is 0.193 e. The van der Waals surface area contributed by atoms with Gasteiger partial charge in [-0.15, -0.1) is 0 Å². The van der Waals surface area contributed by atoms with Gasteiger partial charge in [0.05, 0.1) is 0 Å². The molecule has 1 N–H and O–H groups in total. The average molecular weight is 362 g/mol. The van der Waals surface area contributed by atoms with Gasteiger partial charge in [-0.1, -0.05) is 6.07 Å². The molecule has 1 atom stereocenters. The molecular formula is C20H32FN5. The van der Waals surface area contributed by atoms with Crippen LogP contribution < -0.4 is 5.32 Å². The van der Waals surface area contributed by atoms with Crippen LogP contribution in [-0.4, -0.2) is 74.0 Å². The zero-order valence-corrected chi connectivity index (χ0v) is 16.3. The third-order valence-electron chi connectivity index (χ3n) is 5.38. The number of guanidine groups is 1. The van der Waals surface area contributed by atoms with Crippen molar-refractivity contribution in [1.29, 1.82) is 0 Å². The molecule has 0 bridgehead atoms. The third-order valence-corrected chi connectivity index (χ3v) is 5.38. The molecule has 144 valence electrons. The zero-order valence-electron chi connectivity index (χ0n) is 16.3. The number of halogens is 1. The second-order valence-corrected chi connectivity index (χ2v) is 7.70. The molecule has 2 saturated heterocycles. The number of rotatable bonds is 5. The van der Waals surface area contributed by atoms with Crippen molar-refractivity contribution >= 4 is 5.96 Å². The van der Waals surface area contributed by atoms with E-state index >= 15 is 0 Å². The van der Waals surface area contributed by atoms with Crippen molar-refractivity contribution in [3.8, 4) is 0 Å². The maximum absolute atomic E-state index is 13.9. The van der Waals surface area contributed by atoms with Crippen molar-refractivity contribution in [3.63, 3.8) is 0 Å². The molecule has 2 aliphatic rings. The van der Waals surface area contributed by atoms with Gasteiger partial charge in [0.2, 0.25) is 0 Å². The SMILES string of the molecule is CN=C(NCc1ccc(F)c(CN(C)C)c1)N1CCC(N2CCCC2)C1. The number of benzene rings is 1. The first kappa shape index (κ1) is 19.1. The Morgan fingerprint density at radius 2 is 2.04 bits per heavy atom. The van der Waals surface area contributed by atoms with Gasteiger partial charge in [0, 0.05) is 44.8 Å². The van der Waals surface area contributed by atoms with E-state index in [1.165, 1.54) is 32.4 Å². The van der Waals surface area contributed by atoms with E-state index in [2.05, 4.69) is 20.1 Å². The van der Waals surface area contributed by atoms with E-state index in [1.54, 1.807) is 6.07 Å². The highest BCUT2D eigenvalue weighted by molar-refractivity contribution is 5.80. The van der Waals surface area contributed by atoms with Crippen LogP contribution in [0.3, 0.4) is 0 Å². The van der Waals surface area contributed by atoms with Gasteiger partial charge in [-0.25, -0.2) is 4.39 Å². The third kappa shape index (κ3) is 4.74. The summed E-state index contributed by atoms with van der Waals surface area (Å²) in [5.41, 5.74) is 1.82. The zero-order chi connectivity index (χ0) is 18.5. The van der Waals surface area contributed by atoms with Crippen LogP contribution in [0.5, 0.6) is 0 Å². The molecule has 5 nitrogen and oxygen atoms in total. The first-order valence-corrected chi connectivity index (χ1v) is 9.68. The molecule has 0 saturated carbocycles. The molecule has 3 rings (SSSR count). The van der Waals surface area contributed by atoms with Gasteiger partial charge < -0.3 is 15.1 Å². The number of likely N-dealkylation sites (tertiary alicyclic amines) is 2. The van der Waals surface area contributed by atoms with E-state index < -0.39 is 0 Å². The number of nitrogens with zero attached hydrogens (tertiary/aromatic N) is 4. The Morgan fingerprint density at radius 1 is 1.27 bits per heavy atom. The molecule has 0 aliphatic carbocycles. The topological polar surface area (TPSA) is 34.1 Å². The van der Waals surface area contributed by atoms with Gasteiger partial charge in [0.25, 0.3) is 0 Å². The fourth-order valence-electron chi connectivity index (χ4n) is 4.05. The Bertz CT molecular complexity index is 625. The lowest BCUT2D eigenvalue weighted by molar-refractivity contribution is 0.249. The summed E-state index contributed by atoms with van der Waals surface area (Å²) in [5.74, 6) is 0.810. The number of aliphatic imine (C=N–C) groups is 1. The fraction of sp³-hybridized carbons (Fsp3) is 0.650. The number of hydrogen-bond donors (Lipinski definition) is 1. The monoisotopic (exact) mass is 361 g/mol. The molecular weight excluding hydrogens is 329 g/mol. The first-order chi connectivity index (χ1) is 12.6. The summed E-state index contributed by atoms with van der Waals surface area (Å²) in [4.78, 5) is 11.4. The first-order valence-electron chi connectivity index (χ1n) is 9.68. The maximum atomic E-state index is 13.9. The van der Waals surface area contributed by atoms with Crippen molar-refractivity contribution in [2.24, 2.45) is 4.99 Å². The van der Waals surface area contributed by atoms with Gasteiger partial charge in [0.1, 0.15) is 5.82 Å². The van der Waals surface area contributed by atoms with E-state index in [0.717, 1.165) is 30.2 Å². The molecule has 2 heterocycles. The van der Waals surface area contributed by atoms with Gasteiger partial charge in [0.15, 0.2) is 5.96 Å². The van der Waals surface area contributed by atoms with Crippen LogP contribution in [-0.2, 0) is 13.1 Å². The van der Waals surface area contributed by atoms with Crippen LogP contribution in [0.15, 0.2) is 23.2 Å². The molecule has 6 heteroatoms. The van der Waals surface area contributed by atoms with E-state index in [-0.39, 0.29) is 5.82 Å². The van der Waals surface area contributed by atoms with E-state index in [1.807, 2.05) is 38.2 Å². The quantitative estimate of drug-likeness (QED) is 0.644. The Hall–Kier alpha value is -1.66.